The molecule has 3 rings (SSSR count). The number of hydrogen-bond donors (Lipinski definition) is 2. The number of amides is 1. The van der Waals surface area contributed by atoms with E-state index in [-0.39, 0.29) is 24.0 Å². The molecule has 0 aliphatic heterocycles. The highest BCUT2D eigenvalue weighted by Crippen LogP contribution is 2.34. The molecule has 1 amide bonds. The van der Waals surface area contributed by atoms with Crippen molar-refractivity contribution in [1.29, 1.82) is 0 Å². The molecular formula is C23H27NO5. The Morgan fingerprint density at radius 3 is 2.52 bits per heavy atom. The number of carboxylic acid groups (broad SMARTS) is 1. The molecular weight excluding hydrogens is 370 g/mol. The van der Waals surface area contributed by atoms with E-state index in [0.29, 0.717) is 30.0 Å². The average Bonchev–Trinajstić information content (AvgIpc) is 3.24. The molecule has 0 saturated heterocycles. The second kappa shape index (κ2) is 9.96. The summed E-state index contributed by atoms with van der Waals surface area (Å²) in [5.41, 5.74) is 1.76. The molecule has 0 atom stereocenters. The smallest absolute Gasteiger partial charge is 0.335 e. The molecule has 1 aliphatic rings. The van der Waals surface area contributed by atoms with E-state index in [2.05, 4.69) is 5.32 Å². The van der Waals surface area contributed by atoms with Gasteiger partial charge in [-0.1, -0.05) is 30.3 Å². The molecule has 0 heterocycles. The standard InChI is InChI=1S/C23H27NO5/c1-28-20-12-6-8-17(22(20)29-18-9-3-4-10-18)15-24-21(25)14-13-16-7-2-5-11-19(16)23(26)27/h2,5-8,11-12,18H,3-4,9-10,13-15H2,1H3,(H,24,25)(H,26,27). The van der Waals surface area contributed by atoms with Crippen LogP contribution in [0.1, 0.15) is 53.6 Å². The van der Waals surface area contributed by atoms with Crippen LogP contribution >= 0.6 is 0 Å². The van der Waals surface area contributed by atoms with E-state index in [1.54, 1.807) is 31.4 Å². The van der Waals surface area contributed by atoms with Crippen molar-refractivity contribution in [1.82, 2.24) is 5.32 Å². The van der Waals surface area contributed by atoms with Crippen LogP contribution in [0.25, 0.3) is 0 Å². The monoisotopic (exact) mass is 397 g/mol. The lowest BCUT2D eigenvalue weighted by Gasteiger charge is -2.19. The van der Waals surface area contributed by atoms with Crippen molar-refractivity contribution in [3.8, 4) is 11.5 Å². The van der Waals surface area contributed by atoms with E-state index >= 15 is 0 Å². The van der Waals surface area contributed by atoms with E-state index in [1.165, 1.54) is 12.8 Å². The number of carboxylic acids is 1. The number of ether oxygens (including phenoxy) is 2. The molecule has 154 valence electrons. The number of carbonyl (C=O) groups is 2. The van der Waals surface area contributed by atoms with E-state index in [0.717, 1.165) is 18.4 Å². The second-order valence-electron chi connectivity index (χ2n) is 7.21. The third-order valence-electron chi connectivity index (χ3n) is 5.21. The fourth-order valence-corrected chi connectivity index (χ4v) is 3.65. The van der Waals surface area contributed by atoms with Crippen molar-refractivity contribution in [3.05, 3.63) is 59.2 Å². The summed E-state index contributed by atoms with van der Waals surface area (Å²) in [6, 6.07) is 12.4. The van der Waals surface area contributed by atoms with Crippen LogP contribution in [0.5, 0.6) is 11.5 Å². The summed E-state index contributed by atoms with van der Waals surface area (Å²) in [5, 5.41) is 12.2. The maximum absolute atomic E-state index is 12.4. The minimum absolute atomic E-state index is 0.139. The molecule has 0 bridgehead atoms. The second-order valence-corrected chi connectivity index (χ2v) is 7.21. The lowest BCUT2D eigenvalue weighted by molar-refractivity contribution is -0.121. The minimum Gasteiger partial charge on any atom is -0.493 e. The van der Waals surface area contributed by atoms with Crippen LogP contribution in [0.4, 0.5) is 0 Å². The number of carbonyl (C=O) groups excluding carboxylic acids is 1. The van der Waals surface area contributed by atoms with Gasteiger partial charge in [-0.3, -0.25) is 4.79 Å². The first kappa shape index (κ1) is 20.7. The molecule has 0 spiro atoms. The quantitative estimate of drug-likeness (QED) is 0.669. The molecule has 2 N–H and O–H groups in total. The van der Waals surface area contributed by atoms with Gasteiger partial charge in [0.25, 0.3) is 0 Å². The fraction of sp³-hybridized carbons (Fsp3) is 0.391. The predicted octanol–water partition coefficient (Wildman–Crippen LogP) is 3.96. The van der Waals surface area contributed by atoms with Crippen molar-refractivity contribution in [3.63, 3.8) is 0 Å². The first-order valence-electron chi connectivity index (χ1n) is 9.99. The highest BCUT2D eigenvalue weighted by Gasteiger charge is 2.20. The topological polar surface area (TPSA) is 84.9 Å². The van der Waals surface area contributed by atoms with Gasteiger partial charge in [0.1, 0.15) is 0 Å². The maximum atomic E-state index is 12.4. The number of rotatable bonds is 9. The van der Waals surface area contributed by atoms with Gasteiger partial charge < -0.3 is 19.9 Å². The van der Waals surface area contributed by atoms with Crippen molar-refractivity contribution in [2.75, 3.05) is 7.11 Å². The number of hydrogen-bond acceptors (Lipinski definition) is 4. The van der Waals surface area contributed by atoms with Crippen LogP contribution in [-0.4, -0.2) is 30.2 Å². The van der Waals surface area contributed by atoms with E-state index in [9.17, 15) is 14.7 Å². The van der Waals surface area contributed by atoms with Crippen LogP contribution in [0, 0.1) is 0 Å². The Morgan fingerprint density at radius 1 is 1.07 bits per heavy atom. The lowest BCUT2D eigenvalue weighted by Crippen LogP contribution is -2.24. The van der Waals surface area contributed by atoms with Gasteiger partial charge in [0.2, 0.25) is 5.91 Å². The number of benzene rings is 2. The van der Waals surface area contributed by atoms with Crippen LogP contribution in [-0.2, 0) is 17.8 Å². The van der Waals surface area contributed by atoms with Gasteiger partial charge in [-0.05, 0) is 49.8 Å². The molecule has 29 heavy (non-hydrogen) atoms. The lowest BCUT2D eigenvalue weighted by atomic mass is 10.0. The third-order valence-corrected chi connectivity index (χ3v) is 5.21. The summed E-state index contributed by atoms with van der Waals surface area (Å²) in [7, 11) is 1.61. The molecule has 1 saturated carbocycles. The Bertz CT molecular complexity index is 858. The third kappa shape index (κ3) is 5.50. The average molecular weight is 397 g/mol. The van der Waals surface area contributed by atoms with Crippen molar-refractivity contribution < 1.29 is 24.2 Å². The number of methoxy groups -OCH3 is 1. The van der Waals surface area contributed by atoms with Crippen LogP contribution in [0.15, 0.2) is 42.5 Å². The molecule has 1 fully saturated rings. The minimum atomic E-state index is -0.980. The molecule has 6 heteroatoms. The van der Waals surface area contributed by atoms with Gasteiger partial charge in [0.15, 0.2) is 11.5 Å². The van der Waals surface area contributed by atoms with Gasteiger partial charge in [0.05, 0.1) is 18.8 Å². The van der Waals surface area contributed by atoms with Crippen LogP contribution in [0.2, 0.25) is 0 Å². The van der Waals surface area contributed by atoms with Crippen molar-refractivity contribution in [2.45, 2.75) is 51.2 Å². The molecule has 0 radical (unpaired) electrons. The zero-order valence-electron chi connectivity index (χ0n) is 16.6. The number of aryl methyl sites for hydroxylation is 1. The highest BCUT2D eigenvalue weighted by molar-refractivity contribution is 5.89. The number of nitrogens with one attached hydrogen (secondary N) is 1. The summed E-state index contributed by atoms with van der Waals surface area (Å²) in [6.45, 7) is 0.332. The molecule has 0 unspecified atom stereocenters. The van der Waals surface area contributed by atoms with Crippen molar-refractivity contribution >= 4 is 11.9 Å². The SMILES string of the molecule is COc1cccc(CNC(=O)CCc2ccccc2C(=O)O)c1OC1CCCC1. The predicted molar refractivity (Wildman–Crippen MR) is 109 cm³/mol. The zero-order valence-corrected chi connectivity index (χ0v) is 16.6. The summed E-state index contributed by atoms with van der Waals surface area (Å²) in [4.78, 5) is 23.6. The van der Waals surface area contributed by atoms with E-state index < -0.39 is 5.97 Å². The summed E-state index contributed by atoms with van der Waals surface area (Å²) < 4.78 is 11.6. The fourth-order valence-electron chi connectivity index (χ4n) is 3.65. The Hall–Kier alpha value is -3.02. The summed E-state index contributed by atoms with van der Waals surface area (Å²) in [5.74, 6) is 0.239. The molecule has 2 aromatic rings. The van der Waals surface area contributed by atoms with E-state index in [1.807, 2.05) is 18.2 Å². The Labute approximate surface area is 170 Å². The normalized spacial score (nSPS) is 13.8. The van der Waals surface area contributed by atoms with Crippen LogP contribution in [0.3, 0.4) is 0 Å². The van der Waals surface area contributed by atoms with Crippen LogP contribution < -0.4 is 14.8 Å². The van der Waals surface area contributed by atoms with Gasteiger partial charge in [-0.25, -0.2) is 4.79 Å². The maximum Gasteiger partial charge on any atom is 0.335 e. The molecule has 2 aromatic carbocycles. The largest absolute Gasteiger partial charge is 0.493 e. The molecule has 6 nitrogen and oxygen atoms in total. The van der Waals surface area contributed by atoms with Gasteiger partial charge in [0, 0.05) is 18.5 Å². The zero-order chi connectivity index (χ0) is 20.6. The number of aromatic carboxylic acids is 1. The van der Waals surface area contributed by atoms with Crippen molar-refractivity contribution in [2.24, 2.45) is 0 Å². The molecule has 0 aromatic heterocycles. The first-order chi connectivity index (χ1) is 14.1. The van der Waals surface area contributed by atoms with E-state index in [4.69, 9.17) is 9.47 Å². The molecule has 1 aliphatic carbocycles. The summed E-state index contributed by atoms with van der Waals surface area (Å²) in [6.07, 6.45) is 5.19. The first-order valence-corrected chi connectivity index (χ1v) is 9.99. The number of para-hydroxylation sites is 1. The van der Waals surface area contributed by atoms with Gasteiger partial charge in [-0.2, -0.15) is 0 Å². The Morgan fingerprint density at radius 2 is 1.79 bits per heavy atom. The Kier molecular flexibility index (Phi) is 7.11. The summed E-state index contributed by atoms with van der Waals surface area (Å²) >= 11 is 0. The Balaban J connectivity index is 1.60. The van der Waals surface area contributed by atoms with Gasteiger partial charge >= 0.3 is 5.97 Å². The highest BCUT2D eigenvalue weighted by atomic mass is 16.5. The van der Waals surface area contributed by atoms with Gasteiger partial charge in [-0.15, -0.1) is 0 Å².